The molecule has 10 N–H and O–H groups in total. The number of benzene rings is 2. The van der Waals surface area contributed by atoms with Gasteiger partial charge in [0.25, 0.3) is 0 Å². The van der Waals surface area contributed by atoms with Gasteiger partial charge in [-0.25, -0.2) is 19.9 Å². The Morgan fingerprint density at radius 2 is 1.24 bits per heavy atom. The largest absolute Gasteiger partial charge is 0.397 e. The zero-order valence-electron chi connectivity index (χ0n) is 53.5. The maximum Gasteiger partial charge on any atom is 0.248 e. The number of halogens is 4. The van der Waals surface area contributed by atoms with Crippen LogP contribution in [0.5, 0.6) is 0 Å². The molecule has 3 fully saturated rings. The van der Waals surface area contributed by atoms with Crippen molar-refractivity contribution in [2.75, 3.05) is 75.4 Å². The Morgan fingerprint density at radius 3 is 1.66 bits per heavy atom. The van der Waals surface area contributed by atoms with Crippen LogP contribution in [0.15, 0.2) is 134 Å². The predicted octanol–water partition coefficient (Wildman–Crippen LogP) is 13.2. The molecule has 1 saturated heterocycles. The first-order valence-corrected chi connectivity index (χ1v) is 33.6. The van der Waals surface area contributed by atoms with Crippen molar-refractivity contribution in [1.29, 1.82) is 0 Å². The molecule has 25 heteroatoms. The number of para-hydroxylation sites is 2. The number of carbonyl (C=O) groups is 2. The Labute approximate surface area is 566 Å². The van der Waals surface area contributed by atoms with E-state index in [1.165, 1.54) is 18.9 Å². The standard InChI is InChI=1S/C31H37ClN8O.C25H28ClN7.C5H12NOP.C4H4BrClO.C2H7N/c1-31(36-18-22-12-13-23(17-33-22)37-28(41)11-7-15-40(2)3)14-6-8-21(16-31)38-30-35-20-26(32)29(39-30)25-19-34-27-10-5-4-9-24(25)27;1-25(31-13-18-9-8-16(27)12-28-18)10-4-5-17(11-25)32-24-30-15-21(26)23(33-24)20-14-29-22-7-3-2-6-19(20)22;1-6(8)5-3-2-4-7-5;5-3-1-2-4(6)7;1-3-2/h4-5,7,9-13,17,19-21,34,36H,6,8,14-16,18H2,1-3H3,(H,37,41)(H,35,38,39);2-3,6-9,12,14-15,17,29,31H,4-5,10-11,13,27H2,1H3,(H,30,32,33);5H,2-4,8H2,1H3;1-2H,3H2;3H,1-2H3/b11-7+;;;2-1+;/t21-,31+;17-,25+;;;/m11.../s1. The highest BCUT2D eigenvalue weighted by molar-refractivity contribution is 9.09. The van der Waals surface area contributed by atoms with Gasteiger partial charge in [-0.15, -0.1) is 0 Å². The molecule has 1 aliphatic heterocycles. The van der Waals surface area contributed by atoms with Gasteiger partial charge in [0.05, 0.1) is 69.0 Å². The van der Waals surface area contributed by atoms with E-state index in [9.17, 15) is 9.59 Å². The number of pyridine rings is 2. The molecule has 20 nitrogen and oxygen atoms in total. The molecule has 1 amide bonds. The molecule has 492 valence electrons. The Bertz CT molecular complexity index is 3650. The van der Waals surface area contributed by atoms with Crippen LogP contribution < -0.4 is 37.6 Å². The zero-order valence-corrected chi connectivity index (χ0v) is 58.5. The molecule has 8 aromatic rings. The Hall–Kier alpha value is -6.46. The normalized spacial score (nSPS) is 19.5. The van der Waals surface area contributed by atoms with Crippen molar-refractivity contribution >= 4 is 116 Å². The van der Waals surface area contributed by atoms with Gasteiger partial charge in [-0.2, -0.15) is 0 Å². The summed E-state index contributed by atoms with van der Waals surface area (Å²) >= 11 is 21.0. The molecule has 11 rings (SSSR count). The second kappa shape index (κ2) is 36.8. The molecular formula is C67H88BrCl3N17O3P. The van der Waals surface area contributed by atoms with E-state index in [4.69, 9.17) is 55.2 Å². The Morgan fingerprint density at radius 1 is 0.717 bits per heavy atom. The second-order valence-corrected chi connectivity index (χ2v) is 26.4. The third-order valence-electron chi connectivity index (χ3n) is 15.6. The summed E-state index contributed by atoms with van der Waals surface area (Å²) in [6, 6.07) is 24.4. The van der Waals surface area contributed by atoms with E-state index in [1.807, 2.05) is 124 Å². The highest BCUT2D eigenvalue weighted by Crippen LogP contribution is 2.36. The predicted molar refractivity (Wildman–Crippen MR) is 385 cm³/mol. The van der Waals surface area contributed by atoms with E-state index in [1.54, 1.807) is 36.9 Å². The maximum absolute atomic E-state index is 12.1. The number of alkyl halides is 1. The lowest BCUT2D eigenvalue weighted by Crippen LogP contribution is -2.48. The van der Waals surface area contributed by atoms with Gasteiger partial charge in [-0.05, 0) is 167 Å². The van der Waals surface area contributed by atoms with Crippen LogP contribution in [-0.4, -0.2) is 144 Å². The van der Waals surface area contributed by atoms with Crippen LogP contribution in [0, 0.1) is 0 Å². The van der Waals surface area contributed by atoms with Crippen molar-refractivity contribution in [1.82, 2.24) is 65.4 Å². The van der Waals surface area contributed by atoms with Crippen LogP contribution in [0.25, 0.3) is 44.3 Å². The first kappa shape index (κ1) is 73.0. The van der Waals surface area contributed by atoms with Gasteiger partial charge >= 0.3 is 0 Å². The van der Waals surface area contributed by atoms with E-state index in [0.717, 1.165) is 108 Å². The zero-order chi connectivity index (χ0) is 66.0. The van der Waals surface area contributed by atoms with Gasteiger partial charge in [-0.3, -0.25) is 24.2 Å². The number of likely N-dealkylation sites (N-methyl/N-ethyl adjacent to an activating group) is 1. The number of H-pyrrole nitrogens is 2. The minimum absolute atomic E-state index is 0.00504. The van der Waals surface area contributed by atoms with Crippen LogP contribution in [0.4, 0.5) is 23.3 Å². The molecule has 2 aromatic carbocycles. The van der Waals surface area contributed by atoms with E-state index >= 15 is 0 Å². The number of aromatic nitrogens is 8. The van der Waals surface area contributed by atoms with E-state index in [-0.39, 0.29) is 29.1 Å². The van der Waals surface area contributed by atoms with Gasteiger partial charge in [0.2, 0.25) is 23.0 Å². The number of nitrogens with zero attached hydrogens (tertiary/aromatic N) is 8. The Kier molecular flexibility index (Phi) is 29.2. The number of anilines is 4. The lowest BCUT2D eigenvalue weighted by Gasteiger charge is -2.39. The molecule has 0 radical (unpaired) electrons. The third-order valence-corrected chi connectivity index (χ3v) is 17.0. The molecule has 3 aliphatic rings. The fourth-order valence-corrected chi connectivity index (χ4v) is 11.9. The van der Waals surface area contributed by atoms with Crippen LogP contribution in [0.1, 0.15) is 89.4 Å². The Balaban J connectivity index is 0.000000208. The number of rotatable bonds is 19. The summed E-state index contributed by atoms with van der Waals surface area (Å²) in [6.45, 7) is 7.54. The van der Waals surface area contributed by atoms with Gasteiger partial charge in [-0.1, -0.05) is 97.1 Å². The average molecular weight is 1400 g/mol. The van der Waals surface area contributed by atoms with Crippen LogP contribution >= 0.6 is 60.1 Å². The monoisotopic (exact) mass is 1390 g/mol. The molecule has 7 heterocycles. The number of allylic oxidation sites excluding steroid dienone is 2. The van der Waals surface area contributed by atoms with Gasteiger partial charge in [0.15, 0.2) is 0 Å². The van der Waals surface area contributed by atoms with Crippen molar-refractivity contribution in [3.63, 3.8) is 0 Å². The topological polar surface area (TPSA) is 257 Å². The smallest absolute Gasteiger partial charge is 0.248 e. The molecule has 92 heavy (non-hydrogen) atoms. The minimum Gasteiger partial charge on any atom is -0.397 e. The summed E-state index contributed by atoms with van der Waals surface area (Å²) in [5.74, 6) is 1.03. The summed E-state index contributed by atoms with van der Waals surface area (Å²) in [4.78, 5) is 58.0. The highest BCUT2D eigenvalue weighted by atomic mass is 79.9. The van der Waals surface area contributed by atoms with Gasteiger partial charge < -0.3 is 57.2 Å². The SMILES string of the molecule is CN(C)C/C=C/C(=O)Nc1ccc(CN[C@@]2(C)CCC[C@@H](Nc3ncc(Cl)c(-c4c[nH]c5ccccc45)n3)C2)nc1.CN(P)C1CCCO1.CNC.C[C@]1(NCc2ccc(N)cn2)CCC[C@@H](Nc2ncc(Cl)c(-c3c[nH]c4ccccc34)n2)C1.O=C(Cl)/C=C/CBr. The molecule has 2 saturated carbocycles. The van der Waals surface area contributed by atoms with E-state index in [2.05, 4.69) is 113 Å². The van der Waals surface area contributed by atoms with Crippen LogP contribution in [0.2, 0.25) is 10.0 Å². The minimum atomic E-state index is -0.431. The molecule has 2 unspecified atom stereocenters. The molecule has 0 bridgehead atoms. The maximum atomic E-state index is 12.1. The van der Waals surface area contributed by atoms with E-state index < -0.39 is 5.24 Å². The molecular weight excluding hydrogens is 1310 g/mol. The number of nitrogens with two attached hydrogens (primary N) is 1. The average Bonchev–Trinajstić information content (AvgIpc) is 1.70. The van der Waals surface area contributed by atoms with Crippen molar-refractivity contribution in [3.8, 4) is 22.5 Å². The molecule has 0 spiro atoms. The van der Waals surface area contributed by atoms with Gasteiger partial charge in [0.1, 0.15) is 6.23 Å². The van der Waals surface area contributed by atoms with Crippen LogP contribution in [0.3, 0.4) is 0 Å². The quantitative estimate of drug-likeness (QED) is 0.0158. The number of ether oxygens (including phenoxy) is 1. The number of amides is 1. The first-order chi connectivity index (χ1) is 44.3. The fraction of sp³-hybridized carbons (Fsp3) is 0.403. The summed E-state index contributed by atoms with van der Waals surface area (Å²) in [5.41, 5.74) is 14.5. The lowest BCUT2D eigenvalue weighted by atomic mass is 9.80. The molecule has 2 aliphatic carbocycles. The number of carbonyl (C=O) groups excluding carboxylic acids is 2. The van der Waals surface area contributed by atoms with E-state index in [0.29, 0.717) is 70.2 Å². The summed E-state index contributed by atoms with van der Waals surface area (Å²) in [6.07, 6.45) is 28.1. The third kappa shape index (κ3) is 23.2. The number of aromatic amines is 2. The number of hydrogen-bond donors (Lipinski definition) is 9. The summed E-state index contributed by atoms with van der Waals surface area (Å²) < 4.78 is 7.35. The van der Waals surface area contributed by atoms with Crippen LogP contribution in [-0.2, 0) is 27.4 Å². The number of nitrogen functional groups attached to an aromatic ring is 1. The number of fused-ring (bicyclic) bond motifs is 2. The second-order valence-electron chi connectivity index (χ2n) is 23.7. The highest BCUT2D eigenvalue weighted by Gasteiger charge is 2.34. The number of hydrogen-bond acceptors (Lipinski definition) is 17. The van der Waals surface area contributed by atoms with Crippen molar-refractivity contribution in [2.45, 2.75) is 121 Å². The van der Waals surface area contributed by atoms with Gasteiger partial charge in [0, 0.05) is 106 Å². The first-order valence-electron chi connectivity index (χ1n) is 30.8. The number of nitrogens with one attached hydrogen (secondary N) is 8. The van der Waals surface area contributed by atoms with Crippen molar-refractivity contribution in [3.05, 3.63) is 156 Å². The summed E-state index contributed by atoms with van der Waals surface area (Å²) in [5, 5.41) is 23.6. The fourth-order valence-electron chi connectivity index (χ4n) is 11.0. The lowest BCUT2D eigenvalue weighted by molar-refractivity contribution is -0.112. The van der Waals surface area contributed by atoms with Crippen molar-refractivity contribution < 1.29 is 14.3 Å². The molecule has 6 aromatic heterocycles. The summed E-state index contributed by atoms with van der Waals surface area (Å²) in [7, 11) is 12.3. The molecule has 6 atom stereocenters. The van der Waals surface area contributed by atoms with Crippen molar-refractivity contribution in [2.24, 2.45) is 0 Å².